The van der Waals surface area contributed by atoms with Crippen LogP contribution >= 0.6 is 0 Å². The smallest absolute Gasteiger partial charge is 0.263 e. The van der Waals surface area contributed by atoms with E-state index in [9.17, 15) is 4.79 Å². The van der Waals surface area contributed by atoms with Gasteiger partial charge in [-0.2, -0.15) is 5.10 Å². The molecule has 3 aromatic rings. The third-order valence-corrected chi connectivity index (χ3v) is 4.39. The van der Waals surface area contributed by atoms with Gasteiger partial charge in [-0.25, -0.2) is 4.68 Å². The predicted molar refractivity (Wildman–Crippen MR) is 95.4 cm³/mol. The Morgan fingerprint density at radius 3 is 2.33 bits per heavy atom. The second kappa shape index (κ2) is 5.53. The number of fused-ring (bicyclic) bond motifs is 2. The molecule has 0 spiro atoms. The minimum absolute atomic E-state index is 0.0458. The van der Waals surface area contributed by atoms with Gasteiger partial charge in [0.1, 0.15) is 11.4 Å². The van der Waals surface area contributed by atoms with Gasteiger partial charge >= 0.3 is 0 Å². The number of nitrogens with zero attached hydrogens (tertiary/aromatic N) is 4. The topological polar surface area (TPSA) is 41.4 Å². The molecule has 1 aromatic heterocycles. The molecule has 5 heteroatoms. The third-order valence-electron chi connectivity index (χ3n) is 4.39. The van der Waals surface area contributed by atoms with Gasteiger partial charge in [0.15, 0.2) is 0 Å². The van der Waals surface area contributed by atoms with Gasteiger partial charge in [0, 0.05) is 13.6 Å². The van der Waals surface area contributed by atoms with Gasteiger partial charge < -0.3 is 9.80 Å². The Morgan fingerprint density at radius 2 is 1.62 bits per heavy atom. The molecule has 0 saturated heterocycles. The third kappa shape index (κ3) is 2.01. The van der Waals surface area contributed by atoms with E-state index in [1.54, 1.807) is 11.1 Å². The lowest BCUT2D eigenvalue weighted by Gasteiger charge is -2.25. The monoisotopic (exact) mass is 318 g/mol. The number of hydrogen-bond donors (Lipinski definition) is 0. The molecule has 0 fully saturated rings. The summed E-state index contributed by atoms with van der Waals surface area (Å²) in [6.07, 6.45) is 1.66. The van der Waals surface area contributed by atoms with Gasteiger partial charge in [0.25, 0.3) is 5.91 Å². The fourth-order valence-corrected chi connectivity index (χ4v) is 3.21. The molecule has 0 unspecified atom stereocenters. The van der Waals surface area contributed by atoms with Crippen LogP contribution in [0.2, 0.25) is 0 Å². The summed E-state index contributed by atoms with van der Waals surface area (Å²) in [4.78, 5) is 16.8. The zero-order valence-corrected chi connectivity index (χ0v) is 13.7. The van der Waals surface area contributed by atoms with Crippen molar-refractivity contribution < 1.29 is 4.79 Å². The van der Waals surface area contributed by atoms with E-state index in [1.807, 2.05) is 66.3 Å². The van der Waals surface area contributed by atoms with Crippen LogP contribution in [-0.4, -0.2) is 29.3 Å². The Labute approximate surface area is 140 Å². The van der Waals surface area contributed by atoms with Gasteiger partial charge in [0.05, 0.1) is 23.3 Å². The molecule has 1 aliphatic heterocycles. The van der Waals surface area contributed by atoms with Crippen molar-refractivity contribution >= 4 is 23.1 Å². The summed E-state index contributed by atoms with van der Waals surface area (Å²) in [5.41, 5.74) is 3.46. The van der Waals surface area contributed by atoms with Crippen LogP contribution in [-0.2, 0) is 0 Å². The molecule has 24 heavy (non-hydrogen) atoms. The number of hydrogen-bond acceptors (Lipinski definition) is 3. The molecule has 0 aliphatic carbocycles. The van der Waals surface area contributed by atoms with Gasteiger partial charge in [-0.1, -0.05) is 30.3 Å². The van der Waals surface area contributed by atoms with Crippen molar-refractivity contribution in [2.45, 2.75) is 6.92 Å². The van der Waals surface area contributed by atoms with Crippen LogP contribution in [0.5, 0.6) is 0 Å². The maximum absolute atomic E-state index is 13.0. The second-order valence-corrected chi connectivity index (χ2v) is 5.73. The first-order valence-corrected chi connectivity index (χ1v) is 8.00. The lowest BCUT2D eigenvalue weighted by atomic mass is 10.2. The van der Waals surface area contributed by atoms with Crippen LogP contribution in [0.3, 0.4) is 0 Å². The summed E-state index contributed by atoms with van der Waals surface area (Å²) in [5.74, 6) is 0.765. The van der Waals surface area contributed by atoms with Crippen LogP contribution < -0.4 is 9.80 Å². The Balaban J connectivity index is 2.01. The number of anilines is 3. The fourth-order valence-electron chi connectivity index (χ4n) is 3.21. The minimum Gasteiger partial charge on any atom is -0.324 e. The molecule has 120 valence electrons. The zero-order chi connectivity index (χ0) is 16.7. The Bertz CT molecular complexity index is 901. The normalized spacial score (nSPS) is 13.5. The van der Waals surface area contributed by atoms with Crippen LogP contribution in [0.25, 0.3) is 5.69 Å². The Kier molecular flexibility index (Phi) is 3.34. The average molecular weight is 318 g/mol. The van der Waals surface area contributed by atoms with Crippen LogP contribution in [0.15, 0.2) is 60.8 Å². The maximum Gasteiger partial charge on any atom is 0.263 e. The van der Waals surface area contributed by atoms with Crippen molar-refractivity contribution in [3.8, 4) is 5.69 Å². The Hall–Kier alpha value is -3.08. The van der Waals surface area contributed by atoms with E-state index in [1.165, 1.54) is 0 Å². The first-order chi connectivity index (χ1) is 11.7. The minimum atomic E-state index is -0.0458. The highest BCUT2D eigenvalue weighted by Crippen LogP contribution is 2.40. The summed E-state index contributed by atoms with van der Waals surface area (Å²) < 4.78 is 1.84. The molecular formula is C19H18N4O. The van der Waals surface area contributed by atoms with Crippen molar-refractivity contribution in [1.29, 1.82) is 0 Å². The molecule has 1 amide bonds. The first-order valence-electron chi connectivity index (χ1n) is 8.00. The molecule has 2 heterocycles. The number of benzene rings is 2. The maximum atomic E-state index is 13.0. The second-order valence-electron chi connectivity index (χ2n) is 5.73. The lowest BCUT2D eigenvalue weighted by Crippen LogP contribution is -2.25. The predicted octanol–water partition coefficient (Wildman–Crippen LogP) is 3.62. The van der Waals surface area contributed by atoms with Gasteiger partial charge in [-0.3, -0.25) is 4.79 Å². The number of rotatable bonds is 2. The zero-order valence-electron chi connectivity index (χ0n) is 13.7. The molecule has 0 bridgehead atoms. The summed E-state index contributed by atoms with van der Waals surface area (Å²) in [6.45, 7) is 2.82. The van der Waals surface area contributed by atoms with Crippen molar-refractivity contribution in [2.24, 2.45) is 0 Å². The number of carbonyl (C=O) groups is 1. The Morgan fingerprint density at radius 1 is 0.958 bits per heavy atom. The lowest BCUT2D eigenvalue weighted by molar-refractivity contribution is 0.0994. The molecule has 5 nitrogen and oxygen atoms in total. The van der Waals surface area contributed by atoms with E-state index in [-0.39, 0.29) is 5.91 Å². The number of aromatic nitrogens is 2. The molecule has 0 N–H and O–H groups in total. The van der Waals surface area contributed by atoms with Gasteiger partial charge in [0.2, 0.25) is 0 Å². The summed E-state index contributed by atoms with van der Waals surface area (Å²) in [7, 11) is 1.81. The summed E-state index contributed by atoms with van der Waals surface area (Å²) in [6, 6.07) is 17.9. The van der Waals surface area contributed by atoms with Crippen LogP contribution in [0, 0.1) is 0 Å². The molecule has 0 atom stereocenters. The SMILES string of the molecule is CCN1c2ccccc2N(C)C(=O)c2cnn(-c3ccccc3)c21. The standard InChI is InChI=1S/C19H18N4O/c1-3-22-17-12-8-7-11-16(17)21(2)19(24)15-13-20-23(18(15)22)14-9-5-4-6-10-14/h4-13H,3H2,1-2H3. The number of carbonyl (C=O) groups excluding carboxylic acids is 1. The number of amides is 1. The van der Waals surface area contributed by atoms with Gasteiger partial charge in [-0.05, 0) is 31.2 Å². The molecule has 0 radical (unpaired) electrons. The summed E-state index contributed by atoms with van der Waals surface area (Å²) in [5, 5.41) is 4.49. The van der Waals surface area contributed by atoms with Crippen molar-refractivity contribution in [2.75, 3.05) is 23.4 Å². The van der Waals surface area contributed by atoms with E-state index in [4.69, 9.17) is 0 Å². The van der Waals surface area contributed by atoms with E-state index in [0.717, 1.165) is 29.4 Å². The van der Waals surface area contributed by atoms with Crippen LogP contribution in [0.1, 0.15) is 17.3 Å². The van der Waals surface area contributed by atoms with Gasteiger partial charge in [-0.15, -0.1) is 0 Å². The van der Waals surface area contributed by atoms with E-state index in [2.05, 4.69) is 16.9 Å². The quantitative estimate of drug-likeness (QED) is 0.724. The van der Waals surface area contributed by atoms with E-state index in [0.29, 0.717) is 5.56 Å². The van der Waals surface area contributed by atoms with Crippen molar-refractivity contribution in [3.05, 3.63) is 66.4 Å². The molecular weight excluding hydrogens is 300 g/mol. The highest BCUT2D eigenvalue weighted by molar-refractivity contribution is 6.13. The molecule has 0 saturated carbocycles. The molecule has 2 aromatic carbocycles. The van der Waals surface area contributed by atoms with Crippen molar-refractivity contribution in [3.63, 3.8) is 0 Å². The molecule has 4 rings (SSSR count). The van der Waals surface area contributed by atoms with Crippen molar-refractivity contribution in [1.82, 2.24) is 9.78 Å². The van der Waals surface area contributed by atoms with E-state index >= 15 is 0 Å². The highest BCUT2D eigenvalue weighted by Gasteiger charge is 2.31. The summed E-state index contributed by atoms with van der Waals surface area (Å²) >= 11 is 0. The first kappa shape index (κ1) is 14.5. The molecule has 1 aliphatic rings. The van der Waals surface area contributed by atoms with E-state index < -0.39 is 0 Å². The fraction of sp³-hybridized carbons (Fsp3) is 0.158. The largest absolute Gasteiger partial charge is 0.324 e. The van der Waals surface area contributed by atoms with Crippen LogP contribution in [0.4, 0.5) is 17.2 Å². The number of para-hydroxylation sites is 3. The average Bonchev–Trinajstić information content (AvgIpc) is 3.04. The highest BCUT2D eigenvalue weighted by atomic mass is 16.2.